The van der Waals surface area contributed by atoms with Crippen LogP contribution in [0.2, 0.25) is 15.1 Å². The third kappa shape index (κ3) is 4.76. The zero-order valence-electron chi connectivity index (χ0n) is 9.28. The number of anilines is 1. The van der Waals surface area contributed by atoms with Gasteiger partial charge >= 0.3 is 12.0 Å². The minimum absolute atomic E-state index is 0.170. The summed E-state index contributed by atoms with van der Waals surface area (Å²) in [5, 5.41) is 22.5. The number of aliphatic carboxylic acids is 1. The van der Waals surface area contributed by atoms with Crippen LogP contribution in [-0.4, -0.2) is 34.9 Å². The molecule has 1 rings (SSSR count). The Hall–Kier alpha value is -1.21. The summed E-state index contributed by atoms with van der Waals surface area (Å²) in [6.45, 7) is -0.444. The summed E-state index contributed by atoms with van der Waals surface area (Å²) in [6.07, 6.45) is -1.69. The van der Waals surface area contributed by atoms with E-state index in [1.807, 2.05) is 0 Å². The van der Waals surface area contributed by atoms with Gasteiger partial charge in [0.25, 0.3) is 0 Å². The van der Waals surface area contributed by atoms with Crippen molar-refractivity contribution < 1.29 is 19.8 Å². The molecule has 0 heterocycles. The Morgan fingerprint density at radius 2 is 1.74 bits per heavy atom. The monoisotopic (exact) mass is 326 g/mol. The van der Waals surface area contributed by atoms with Gasteiger partial charge in [-0.05, 0) is 12.1 Å². The van der Waals surface area contributed by atoms with Crippen LogP contribution < -0.4 is 10.6 Å². The molecule has 0 aliphatic rings. The Kier molecular flexibility index (Phi) is 5.68. The molecule has 104 valence electrons. The molecule has 0 radical (unpaired) electrons. The van der Waals surface area contributed by atoms with E-state index in [1.165, 1.54) is 12.1 Å². The molecule has 0 fully saturated rings. The molecule has 1 aromatic carbocycles. The quantitative estimate of drug-likeness (QED) is 0.637. The normalized spacial score (nSPS) is 11.8. The van der Waals surface area contributed by atoms with Crippen LogP contribution in [0.25, 0.3) is 0 Å². The first kappa shape index (κ1) is 15.8. The molecule has 0 unspecified atom stereocenters. The third-order valence-corrected chi connectivity index (χ3v) is 3.03. The summed E-state index contributed by atoms with van der Waals surface area (Å²) in [5.74, 6) is -1.44. The van der Waals surface area contributed by atoms with E-state index in [1.54, 1.807) is 0 Å². The van der Waals surface area contributed by atoms with Crippen molar-refractivity contribution in [2.75, 3.05) is 11.9 Å². The third-order valence-electron chi connectivity index (χ3n) is 2.00. The van der Waals surface area contributed by atoms with Crippen LogP contribution >= 0.6 is 34.8 Å². The van der Waals surface area contributed by atoms with Crippen LogP contribution in [0.5, 0.6) is 0 Å². The molecule has 0 aromatic heterocycles. The van der Waals surface area contributed by atoms with E-state index in [4.69, 9.17) is 45.0 Å². The maximum Gasteiger partial charge on any atom is 0.334 e. The van der Waals surface area contributed by atoms with Crippen LogP contribution in [0.15, 0.2) is 12.1 Å². The first-order valence-corrected chi connectivity index (χ1v) is 6.05. The summed E-state index contributed by atoms with van der Waals surface area (Å²) in [4.78, 5) is 21.8. The average Bonchev–Trinajstić information content (AvgIpc) is 2.32. The van der Waals surface area contributed by atoms with Gasteiger partial charge in [0.2, 0.25) is 0 Å². The van der Waals surface area contributed by atoms with Gasteiger partial charge in [-0.25, -0.2) is 9.59 Å². The molecule has 0 saturated carbocycles. The number of carbonyl (C=O) groups is 2. The topological polar surface area (TPSA) is 98.7 Å². The Labute approximate surface area is 123 Å². The van der Waals surface area contributed by atoms with Crippen molar-refractivity contribution >= 4 is 52.5 Å². The number of aliphatic hydroxyl groups is 1. The maximum atomic E-state index is 11.4. The number of carboxylic acids is 1. The van der Waals surface area contributed by atoms with Gasteiger partial charge in [-0.2, -0.15) is 0 Å². The van der Waals surface area contributed by atoms with Gasteiger partial charge in [0.05, 0.1) is 27.3 Å². The Morgan fingerprint density at radius 1 is 1.16 bits per heavy atom. The summed E-state index contributed by atoms with van der Waals surface area (Å²) in [6, 6.07) is 1.97. The lowest BCUT2D eigenvalue weighted by molar-refractivity contribution is -0.146. The number of nitrogens with one attached hydrogen (secondary N) is 2. The highest BCUT2D eigenvalue weighted by Crippen LogP contribution is 2.32. The molecule has 0 saturated heterocycles. The van der Waals surface area contributed by atoms with Crippen molar-refractivity contribution in [1.29, 1.82) is 0 Å². The molecule has 0 spiro atoms. The SMILES string of the molecule is O=C(NC[C@H](O)C(=O)O)Nc1cc(Cl)c(Cl)cc1Cl. The average molecular weight is 328 g/mol. The largest absolute Gasteiger partial charge is 0.479 e. The van der Waals surface area contributed by atoms with Crippen molar-refractivity contribution in [3.63, 3.8) is 0 Å². The highest BCUT2D eigenvalue weighted by molar-refractivity contribution is 6.44. The lowest BCUT2D eigenvalue weighted by atomic mass is 10.3. The second-order valence-corrected chi connectivity index (χ2v) is 4.66. The van der Waals surface area contributed by atoms with Gasteiger partial charge < -0.3 is 20.8 Å². The number of carbonyl (C=O) groups excluding carboxylic acids is 1. The van der Waals surface area contributed by atoms with Gasteiger partial charge in [0, 0.05) is 0 Å². The number of aliphatic hydroxyl groups excluding tert-OH is 1. The fourth-order valence-electron chi connectivity index (χ4n) is 1.06. The van der Waals surface area contributed by atoms with Crippen molar-refractivity contribution in [3.8, 4) is 0 Å². The minimum atomic E-state index is -1.69. The summed E-state index contributed by atoms with van der Waals surface area (Å²) in [5.41, 5.74) is 0.207. The van der Waals surface area contributed by atoms with Crippen LogP contribution in [0.4, 0.5) is 10.5 Å². The number of urea groups is 1. The number of benzene rings is 1. The number of halogens is 3. The van der Waals surface area contributed by atoms with Crippen molar-refractivity contribution in [3.05, 3.63) is 27.2 Å². The summed E-state index contributed by atoms with van der Waals surface area (Å²) >= 11 is 17.3. The molecule has 2 amide bonds. The molecule has 1 atom stereocenters. The van der Waals surface area contributed by atoms with Gasteiger partial charge in [-0.15, -0.1) is 0 Å². The predicted octanol–water partition coefficient (Wildman–Crippen LogP) is 2.21. The maximum absolute atomic E-state index is 11.4. The Morgan fingerprint density at radius 3 is 2.32 bits per heavy atom. The van der Waals surface area contributed by atoms with E-state index >= 15 is 0 Å². The van der Waals surface area contributed by atoms with Gasteiger partial charge in [-0.3, -0.25) is 0 Å². The fourth-order valence-corrected chi connectivity index (χ4v) is 1.66. The standard InChI is InChI=1S/C10H9Cl3N2O4/c11-4-1-6(13)7(2-5(4)12)15-10(19)14-3-8(16)9(17)18/h1-2,8,16H,3H2,(H,17,18)(H2,14,15,19)/t8-/m0/s1. The second kappa shape index (κ2) is 6.81. The molecular formula is C10H9Cl3N2O4. The Balaban J connectivity index is 2.62. The lowest BCUT2D eigenvalue weighted by Gasteiger charge is -2.11. The van der Waals surface area contributed by atoms with Crippen molar-refractivity contribution in [1.82, 2.24) is 5.32 Å². The molecule has 19 heavy (non-hydrogen) atoms. The first-order valence-electron chi connectivity index (χ1n) is 4.91. The highest BCUT2D eigenvalue weighted by atomic mass is 35.5. The molecule has 9 heteroatoms. The zero-order chi connectivity index (χ0) is 14.6. The van der Waals surface area contributed by atoms with Crippen LogP contribution in [0, 0.1) is 0 Å². The number of amides is 2. The van der Waals surface area contributed by atoms with E-state index in [0.717, 1.165) is 0 Å². The molecule has 0 aliphatic heterocycles. The minimum Gasteiger partial charge on any atom is -0.479 e. The van der Waals surface area contributed by atoms with E-state index < -0.39 is 24.6 Å². The van der Waals surface area contributed by atoms with E-state index in [9.17, 15) is 9.59 Å². The number of rotatable bonds is 4. The summed E-state index contributed by atoms with van der Waals surface area (Å²) < 4.78 is 0. The summed E-state index contributed by atoms with van der Waals surface area (Å²) in [7, 11) is 0. The zero-order valence-corrected chi connectivity index (χ0v) is 11.6. The second-order valence-electron chi connectivity index (χ2n) is 3.44. The smallest absolute Gasteiger partial charge is 0.334 e. The van der Waals surface area contributed by atoms with Crippen LogP contribution in [-0.2, 0) is 4.79 Å². The molecular weight excluding hydrogens is 318 g/mol. The van der Waals surface area contributed by atoms with Crippen molar-refractivity contribution in [2.45, 2.75) is 6.10 Å². The molecule has 0 aliphatic carbocycles. The molecule has 6 nitrogen and oxygen atoms in total. The molecule has 4 N–H and O–H groups in total. The Bertz CT molecular complexity index is 510. The van der Waals surface area contributed by atoms with Gasteiger partial charge in [0.15, 0.2) is 6.10 Å². The van der Waals surface area contributed by atoms with Gasteiger partial charge in [0.1, 0.15) is 0 Å². The predicted molar refractivity (Wildman–Crippen MR) is 72.1 cm³/mol. The van der Waals surface area contributed by atoms with E-state index in [0.29, 0.717) is 0 Å². The number of hydrogen-bond acceptors (Lipinski definition) is 3. The lowest BCUT2D eigenvalue weighted by Crippen LogP contribution is -2.38. The van der Waals surface area contributed by atoms with Gasteiger partial charge in [-0.1, -0.05) is 34.8 Å². The van der Waals surface area contributed by atoms with E-state index in [2.05, 4.69) is 10.6 Å². The van der Waals surface area contributed by atoms with Crippen LogP contribution in [0.3, 0.4) is 0 Å². The molecule has 1 aromatic rings. The molecule has 0 bridgehead atoms. The first-order chi connectivity index (χ1) is 8.81. The number of hydrogen-bond donors (Lipinski definition) is 4. The highest BCUT2D eigenvalue weighted by Gasteiger charge is 2.15. The van der Waals surface area contributed by atoms with E-state index in [-0.39, 0.29) is 20.8 Å². The fraction of sp³-hybridized carbons (Fsp3) is 0.200. The van der Waals surface area contributed by atoms with Crippen LogP contribution in [0.1, 0.15) is 0 Å². The number of carboxylic acid groups (broad SMARTS) is 1. The van der Waals surface area contributed by atoms with Crippen molar-refractivity contribution in [2.24, 2.45) is 0 Å².